The van der Waals surface area contributed by atoms with E-state index in [9.17, 15) is 18.0 Å². The average Bonchev–Trinajstić information content (AvgIpc) is 2.88. The summed E-state index contributed by atoms with van der Waals surface area (Å²) >= 11 is 0. The Balaban J connectivity index is 1.89. The summed E-state index contributed by atoms with van der Waals surface area (Å²) in [6, 6.07) is 19.5. The Morgan fingerprint density at radius 2 is 1.63 bits per heavy atom. The zero-order chi connectivity index (χ0) is 25.4. The van der Waals surface area contributed by atoms with Crippen molar-refractivity contribution in [2.45, 2.75) is 30.7 Å². The van der Waals surface area contributed by atoms with Crippen LogP contribution in [0.5, 0.6) is 5.75 Å². The lowest BCUT2D eigenvalue weighted by molar-refractivity contribution is -0.141. The van der Waals surface area contributed by atoms with Crippen LogP contribution in [0.3, 0.4) is 0 Å². The number of ether oxygens (including phenoxy) is 2. The molecule has 3 rings (SSSR count). The topological polar surface area (TPSA) is 111 Å². The maximum Gasteiger partial charge on any atom is 0.307 e. The second-order valence-electron chi connectivity index (χ2n) is 7.74. The van der Waals surface area contributed by atoms with Crippen molar-refractivity contribution in [3.63, 3.8) is 0 Å². The summed E-state index contributed by atoms with van der Waals surface area (Å²) in [5.41, 5.74) is 2.27. The first kappa shape index (κ1) is 25.8. The lowest BCUT2D eigenvalue weighted by atomic mass is 10.0. The Labute approximate surface area is 205 Å². The number of sulfonamides is 1. The number of methoxy groups -OCH3 is 2. The molecule has 9 heteroatoms. The van der Waals surface area contributed by atoms with E-state index >= 15 is 0 Å². The number of carbonyl (C=O) groups is 2. The number of benzene rings is 3. The summed E-state index contributed by atoms with van der Waals surface area (Å²) < 4.78 is 38.8. The highest BCUT2D eigenvalue weighted by Crippen LogP contribution is 2.28. The van der Waals surface area contributed by atoms with E-state index in [-0.39, 0.29) is 22.6 Å². The van der Waals surface area contributed by atoms with E-state index in [1.165, 1.54) is 32.4 Å². The van der Waals surface area contributed by atoms with Crippen LogP contribution in [0.15, 0.2) is 77.7 Å². The quantitative estimate of drug-likeness (QED) is 0.409. The van der Waals surface area contributed by atoms with Crippen molar-refractivity contribution >= 4 is 27.6 Å². The van der Waals surface area contributed by atoms with Gasteiger partial charge in [-0.05, 0) is 47.9 Å². The minimum Gasteiger partial charge on any atom is -0.495 e. The first-order chi connectivity index (χ1) is 16.8. The number of carbonyl (C=O) groups excluding carboxylic acids is 2. The Morgan fingerprint density at radius 1 is 0.943 bits per heavy atom. The van der Waals surface area contributed by atoms with Gasteiger partial charge in [-0.1, -0.05) is 49.4 Å². The lowest BCUT2D eigenvalue weighted by Gasteiger charge is -2.19. The van der Waals surface area contributed by atoms with E-state index in [4.69, 9.17) is 9.47 Å². The van der Waals surface area contributed by atoms with Crippen molar-refractivity contribution < 1.29 is 27.5 Å². The number of aryl methyl sites for hydroxylation is 1. The molecular formula is C26H28N2O6S. The molecule has 2 N–H and O–H groups in total. The number of anilines is 1. The van der Waals surface area contributed by atoms with Gasteiger partial charge in [0, 0.05) is 11.3 Å². The molecule has 3 aromatic rings. The molecule has 0 saturated carbocycles. The first-order valence-corrected chi connectivity index (χ1v) is 12.5. The smallest absolute Gasteiger partial charge is 0.307 e. The predicted octanol–water partition coefficient (Wildman–Crippen LogP) is 4.09. The van der Waals surface area contributed by atoms with E-state index in [1.807, 2.05) is 25.1 Å². The molecule has 3 aromatic carbocycles. The van der Waals surface area contributed by atoms with Gasteiger partial charge in [-0.3, -0.25) is 14.3 Å². The van der Waals surface area contributed by atoms with Crippen molar-refractivity contribution in [2.75, 3.05) is 18.9 Å². The number of esters is 1. The summed E-state index contributed by atoms with van der Waals surface area (Å²) in [4.78, 5) is 24.8. The summed E-state index contributed by atoms with van der Waals surface area (Å²) in [5.74, 6) is -0.946. The van der Waals surface area contributed by atoms with Gasteiger partial charge in [-0.2, -0.15) is 0 Å². The molecule has 0 spiro atoms. The molecule has 0 fully saturated rings. The molecule has 0 aromatic heterocycles. The normalized spacial score (nSPS) is 11.9. The highest BCUT2D eigenvalue weighted by atomic mass is 32.2. The Bertz CT molecular complexity index is 1270. The average molecular weight is 497 g/mol. The lowest BCUT2D eigenvalue weighted by Crippen LogP contribution is -2.30. The van der Waals surface area contributed by atoms with Gasteiger partial charge in [0.15, 0.2) is 0 Å². The number of hydrogen-bond donors (Lipinski definition) is 2. The predicted molar refractivity (Wildman–Crippen MR) is 133 cm³/mol. The molecule has 0 radical (unpaired) electrons. The zero-order valence-corrected chi connectivity index (χ0v) is 20.6. The van der Waals surface area contributed by atoms with E-state index in [0.29, 0.717) is 11.3 Å². The maximum absolute atomic E-state index is 13.2. The van der Waals surface area contributed by atoms with Gasteiger partial charge in [0.25, 0.3) is 15.9 Å². The van der Waals surface area contributed by atoms with Gasteiger partial charge in [0.2, 0.25) is 0 Å². The van der Waals surface area contributed by atoms with Crippen LogP contribution in [0.2, 0.25) is 0 Å². The Kier molecular flexibility index (Phi) is 8.48. The molecule has 0 aliphatic heterocycles. The Hall–Kier alpha value is -3.85. The fourth-order valence-corrected chi connectivity index (χ4v) is 4.73. The number of amides is 1. The third kappa shape index (κ3) is 6.60. The molecule has 0 aliphatic rings. The standard InChI is InChI=1S/C26H28N2O6S/c1-4-18-10-13-21(14-11-18)28-35(31,32)24-16-20(12-15-23(24)33-2)26(30)27-22(17-25(29)34-3)19-8-6-5-7-9-19/h5-16,22,28H,4,17H2,1-3H3,(H,27,30). The van der Waals surface area contributed by atoms with E-state index in [1.54, 1.807) is 36.4 Å². The molecule has 184 valence electrons. The van der Waals surface area contributed by atoms with Crippen LogP contribution < -0.4 is 14.8 Å². The van der Waals surface area contributed by atoms with Crippen molar-refractivity contribution in [3.8, 4) is 5.75 Å². The molecule has 0 saturated heterocycles. The van der Waals surface area contributed by atoms with Crippen LogP contribution in [-0.4, -0.2) is 34.5 Å². The fourth-order valence-electron chi connectivity index (χ4n) is 3.48. The highest BCUT2D eigenvalue weighted by molar-refractivity contribution is 7.92. The van der Waals surface area contributed by atoms with E-state index in [2.05, 4.69) is 10.0 Å². The molecule has 1 unspecified atom stereocenters. The minimum absolute atomic E-state index is 0.0805. The van der Waals surface area contributed by atoms with Crippen LogP contribution in [0.4, 0.5) is 5.69 Å². The van der Waals surface area contributed by atoms with Crippen molar-refractivity contribution in [2.24, 2.45) is 0 Å². The fraction of sp³-hybridized carbons (Fsp3) is 0.231. The molecule has 8 nitrogen and oxygen atoms in total. The Morgan fingerprint density at radius 3 is 2.23 bits per heavy atom. The summed E-state index contributed by atoms with van der Waals surface area (Å²) in [7, 11) is -1.44. The van der Waals surface area contributed by atoms with E-state index in [0.717, 1.165) is 12.0 Å². The van der Waals surface area contributed by atoms with Gasteiger partial charge in [-0.15, -0.1) is 0 Å². The summed E-state index contributed by atoms with van der Waals surface area (Å²) in [5, 5.41) is 2.80. The van der Waals surface area contributed by atoms with E-state index < -0.39 is 27.9 Å². The van der Waals surface area contributed by atoms with Gasteiger partial charge < -0.3 is 14.8 Å². The highest BCUT2D eigenvalue weighted by Gasteiger charge is 2.24. The van der Waals surface area contributed by atoms with Gasteiger partial charge in [-0.25, -0.2) is 8.42 Å². The molecular weight excluding hydrogens is 468 g/mol. The summed E-state index contributed by atoms with van der Waals surface area (Å²) in [6.07, 6.45) is 0.751. The largest absolute Gasteiger partial charge is 0.495 e. The molecule has 35 heavy (non-hydrogen) atoms. The third-order valence-corrected chi connectivity index (χ3v) is 6.84. The second kappa shape index (κ2) is 11.5. The number of nitrogens with one attached hydrogen (secondary N) is 2. The van der Waals surface area contributed by atoms with Gasteiger partial charge >= 0.3 is 5.97 Å². The van der Waals surface area contributed by atoms with Crippen molar-refractivity contribution in [1.82, 2.24) is 5.32 Å². The zero-order valence-electron chi connectivity index (χ0n) is 19.8. The van der Waals surface area contributed by atoms with Crippen LogP contribution in [0.25, 0.3) is 0 Å². The van der Waals surface area contributed by atoms with Gasteiger partial charge in [0.05, 0.1) is 26.7 Å². The first-order valence-electron chi connectivity index (χ1n) is 11.0. The van der Waals surface area contributed by atoms with Gasteiger partial charge in [0.1, 0.15) is 10.6 Å². The molecule has 1 amide bonds. The van der Waals surface area contributed by atoms with Crippen molar-refractivity contribution in [1.29, 1.82) is 0 Å². The summed E-state index contributed by atoms with van der Waals surface area (Å²) in [6.45, 7) is 2.01. The van der Waals surface area contributed by atoms with Crippen LogP contribution >= 0.6 is 0 Å². The number of rotatable bonds is 10. The molecule has 0 heterocycles. The second-order valence-corrected chi connectivity index (χ2v) is 9.39. The number of hydrogen-bond acceptors (Lipinski definition) is 6. The monoisotopic (exact) mass is 496 g/mol. The maximum atomic E-state index is 13.2. The SMILES string of the molecule is CCc1ccc(NS(=O)(=O)c2cc(C(=O)NC(CC(=O)OC)c3ccccc3)ccc2OC)cc1. The van der Waals surface area contributed by atoms with Crippen LogP contribution in [-0.2, 0) is 26.0 Å². The minimum atomic E-state index is -4.06. The molecule has 0 aliphatic carbocycles. The third-order valence-electron chi connectivity index (χ3n) is 5.44. The van der Waals surface area contributed by atoms with Crippen LogP contribution in [0.1, 0.15) is 40.9 Å². The molecule has 1 atom stereocenters. The van der Waals surface area contributed by atoms with Crippen molar-refractivity contribution in [3.05, 3.63) is 89.5 Å². The van der Waals surface area contributed by atoms with Crippen LogP contribution in [0, 0.1) is 0 Å². The molecule has 0 bridgehead atoms.